The largest absolute Gasteiger partial charge is 0.326 e. The van der Waals surface area contributed by atoms with Crippen LogP contribution in [0.5, 0.6) is 0 Å². The van der Waals surface area contributed by atoms with Crippen molar-refractivity contribution in [2.45, 2.75) is 19.8 Å². The highest BCUT2D eigenvalue weighted by atomic mass is 16.2. The normalized spacial score (nSPS) is 10.4. The van der Waals surface area contributed by atoms with Crippen LogP contribution in [0.4, 0.5) is 16.2 Å². The Morgan fingerprint density at radius 3 is 2.15 bits per heavy atom. The Labute approximate surface area is 120 Å². The van der Waals surface area contributed by atoms with Crippen molar-refractivity contribution in [3.8, 4) is 0 Å². The van der Waals surface area contributed by atoms with Crippen LogP contribution in [-0.4, -0.2) is 13.1 Å². The Morgan fingerprint density at radius 2 is 1.60 bits per heavy atom. The highest BCUT2D eigenvalue weighted by molar-refractivity contribution is 6.01. The molecule has 2 rings (SSSR count). The van der Waals surface area contributed by atoms with Crippen molar-refractivity contribution >= 4 is 17.4 Å². The number of urea groups is 1. The summed E-state index contributed by atoms with van der Waals surface area (Å²) in [6.07, 6.45) is 0. The van der Waals surface area contributed by atoms with Crippen molar-refractivity contribution in [3.05, 3.63) is 60.2 Å². The van der Waals surface area contributed by atoms with Crippen LogP contribution >= 0.6 is 0 Å². The van der Waals surface area contributed by atoms with E-state index in [4.69, 9.17) is 0 Å². The standard InChI is InChI=1S/C17H20N2O/c1-13(2)14-9-11-15(12-10-14)18-17(20)19(3)16-7-5-4-6-8-16/h4-13H,1-3H3,(H,18,20). The lowest BCUT2D eigenvalue weighted by Crippen LogP contribution is -2.31. The second-order valence-corrected chi connectivity index (χ2v) is 5.10. The van der Waals surface area contributed by atoms with E-state index in [0.29, 0.717) is 5.92 Å². The van der Waals surface area contributed by atoms with Gasteiger partial charge < -0.3 is 5.32 Å². The Bertz CT molecular complexity index is 561. The number of hydrogen-bond acceptors (Lipinski definition) is 1. The summed E-state index contributed by atoms with van der Waals surface area (Å²) in [6, 6.07) is 17.4. The van der Waals surface area contributed by atoms with Gasteiger partial charge in [0.05, 0.1) is 0 Å². The third-order valence-electron chi connectivity index (χ3n) is 3.28. The molecule has 2 aromatic rings. The van der Waals surface area contributed by atoms with Crippen molar-refractivity contribution in [2.75, 3.05) is 17.3 Å². The van der Waals surface area contributed by atoms with Crippen molar-refractivity contribution in [3.63, 3.8) is 0 Å². The fourth-order valence-electron chi connectivity index (χ4n) is 1.93. The van der Waals surface area contributed by atoms with Gasteiger partial charge in [0.15, 0.2) is 0 Å². The maximum Gasteiger partial charge on any atom is 0.326 e. The molecule has 0 saturated heterocycles. The number of rotatable bonds is 3. The molecular weight excluding hydrogens is 248 g/mol. The molecule has 1 N–H and O–H groups in total. The topological polar surface area (TPSA) is 32.3 Å². The molecule has 0 aliphatic heterocycles. The van der Waals surface area contributed by atoms with E-state index in [9.17, 15) is 4.79 Å². The number of benzene rings is 2. The summed E-state index contributed by atoms with van der Waals surface area (Å²) >= 11 is 0. The van der Waals surface area contributed by atoms with Gasteiger partial charge in [-0.2, -0.15) is 0 Å². The van der Waals surface area contributed by atoms with E-state index in [0.717, 1.165) is 11.4 Å². The lowest BCUT2D eigenvalue weighted by atomic mass is 10.0. The minimum Gasteiger partial charge on any atom is -0.308 e. The summed E-state index contributed by atoms with van der Waals surface area (Å²) < 4.78 is 0. The van der Waals surface area contributed by atoms with Gasteiger partial charge in [-0.1, -0.05) is 44.2 Å². The number of carbonyl (C=O) groups is 1. The lowest BCUT2D eigenvalue weighted by Gasteiger charge is -2.18. The van der Waals surface area contributed by atoms with Gasteiger partial charge in [0, 0.05) is 18.4 Å². The number of anilines is 2. The van der Waals surface area contributed by atoms with Gasteiger partial charge in [-0.15, -0.1) is 0 Å². The molecule has 0 radical (unpaired) electrons. The van der Waals surface area contributed by atoms with Crippen LogP contribution in [0.15, 0.2) is 54.6 Å². The second-order valence-electron chi connectivity index (χ2n) is 5.10. The quantitative estimate of drug-likeness (QED) is 0.874. The van der Waals surface area contributed by atoms with E-state index >= 15 is 0 Å². The molecule has 104 valence electrons. The van der Waals surface area contributed by atoms with E-state index < -0.39 is 0 Å². The molecule has 20 heavy (non-hydrogen) atoms. The molecule has 0 saturated carbocycles. The lowest BCUT2D eigenvalue weighted by molar-refractivity contribution is 0.258. The van der Waals surface area contributed by atoms with Crippen LogP contribution in [0.2, 0.25) is 0 Å². The summed E-state index contributed by atoms with van der Waals surface area (Å²) in [5.41, 5.74) is 2.94. The van der Waals surface area contributed by atoms with Crippen molar-refractivity contribution < 1.29 is 4.79 Å². The number of nitrogens with one attached hydrogen (secondary N) is 1. The molecule has 2 aromatic carbocycles. The van der Waals surface area contributed by atoms with Crippen molar-refractivity contribution in [1.82, 2.24) is 0 Å². The minimum absolute atomic E-state index is 0.145. The van der Waals surface area contributed by atoms with Crippen LogP contribution in [0.25, 0.3) is 0 Å². The summed E-state index contributed by atoms with van der Waals surface area (Å²) in [4.78, 5) is 13.7. The molecule has 0 bridgehead atoms. The predicted octanol–water partition coefficient (Wildman–Crippen LogP) is 4.48. The molecular formula is C17H20N2O. The van der Waals surface area contributed by atoms with Crippen molar-refractivity contribution in [1.29, 1.82) is 0 Å². The number of carbonyl (C=O) groups excluding carboxylic acids is 1. The van der Waals surface area contributed by atoms with Gasteiger partial charge in [-0.25, -0.2) is 4.79 Å². The van der Waals surface area contributed by atoms with Crippen LogP contribution in [0.1, 0.15) is 25.3 Å². The Morgan fingerprint density at radius 1 is 1.00 bits per heavy atom. The van der Waals surface area contributed by atoms with Gasteiger partial charge in [0.2, 0.25) is 0 Å². The summed E-state index contributed by atoms with van der Waals surface area (Å²) in [5, 5.41) is 2.89. The maximum absolute atomic E-state index is 12.1. The Kier molecular flexibility index (Phi) is 4.41. The zero-order chi connectivity index (χ0) is 14.5. The predicted molar refractivity (Wildman–Crippen MR) is 84.4 cm³/mol. The van der Waals surface area contributed by atoms with E-state index in [1.165, 1.54) is 5.56 Å². The molecule has 0 fully saturated rings. The summed E-state index contributed by atoms with van der Waals surface area (Å²) in [5.74, 6) is 0.492. The Balaban J connectivity index is 2.04. The van der Waals surface area contributed by atoms with Crippen molar-refractivity contribution in [2.24, 2.45) is 0 Å². The van der Waals surface area contributed by atoms with Crippen LogP contribution in [0, 0.1) is 0 Å². The molecule has 0 aromatic heterocycles. The Hall–Kier alpha value is -2.29. The molecule has 0 aliphatic rings. The summed E-state index contributed by atoms with van der Waals surface area (Å²) in [6.45, 7) is 4.30. The molecule has 3 nitrogen and oxygen atoms in total. The number of para-hydroxylation sites is 1. The number of nitrogens with zero attached hydrogens (tertiary/aromatic N) is 1. The molecule has 0 unspecified atom stereocenters. The van der Waals surface area contributed by atoms with Gasteiger partial charge in [-0.05, 0) is 35.7 Å². The van der Waals surface area contributed by atoms with Crippen LogP contribution in [0.3, 0.4) is 0 Å². The first kappa shape index (κ1) is 14.1. The molecule has 2 amide bonds. The average molecular weight is 268 g/mol. The zero-order valence-electron chi connectivity index (χ0n) is 12.1. The summed E-state index contributed by atoms with van der Waals surface area (Å²) in [7, 11) is 1.76. The molecule has 3 heteroatoms. The second kappa shape index (κ2) is 6.24. The van der Waals surface area contributed by atoms with Gasteiger partial charge in [0.1, 0.15) is 0 Å². The third kappa shape index (κ3) is 3.38. The first-order valence-electron chi connectivity index (χ1n) is 6.77. The molecule has 0 aliphatic carbocycles. The molecule has 0 heterocycles. The third-order valence-corrected chi connectivity index (χ3v) is 3.28. The SMILES string of the molecule is CC(C)c1ccc(NC(=O)N(C)c2ccccc2)cc1. The first-order valence-corrected chi connectivity index (χ1v) is 6.77. The average Bonchev–Trinajstić information content (AvgIpc) is 2.48. The van der Waals surface area contributed by atoms with Gasteiger partial charge >= 0.3 is 6.03 Å². The number of hydrogen-bond donors (Lipinski definition) is 1. The van der Waals surface area contributed by atoms with Crippen LogP contribution < -0.4 is 10.2 Å². The fourth-order valence-corrected chi connectivity index (χ4v) is 1.93. The zero-order valence-corrected chi connectivity index (χ0v) is 12.1. The smallest absolute Gasteiger partial charge is 0.308 e. The van der Waals surface area contributed by atoms with Gasteiger partial charge in [0.25, 0.3) is 0 Å². The van der Waals surface area contributed by atoms with E-state index in [1.54, 1.807) is 11.9 Å². The molecule has 0 atom stereocenters. The highest BCUT2D eigenvalue weighted by Gasteiger charge is 2.10. The van der Waals surface area contributed by atoms with Gasteiger partial charge in [-0.3, -0.25) is 4.90 Å². The van der Waals surface area contributed by atoms with E-state index in [-0.39, 0.29) is 6.03 Å². The molecule has 0 spiro atoms. The van der Waals surface area contributed by atoms with E-state index in [2.05, 4.69) is 19.2 Å². The first-order chi connectivity index (χ1) is 9.58. The highest BCUT2D eigenvalue weighted by Crippen LogP contribution is 2.18. The number of amides is 2. The minimum atomic E-state index is -0.145. The maximum atomic E-state index is 12.1. The van der Waals surface area contributed by atoms with E-state index in [1.807, 2.05) is 54.6 Å². The monoisotopic (exact) mass is 268 g/mol. The van der Waals surface area contributed by atoms with Crippen LogP contribution in [-0.2, 0) is 0 Å². The fraction of sp³-hybridized carbons (Fsp3) is 0.235.